The Morgan fingerprint density at radius 2 is 1.67 bits per heavy atom. The number of hydrogen-bond acceptors (Lipinski definition) is 5. The first-order chi connectivity index (χ1) is 13.1. The second kappa shape index (κ2) is 7.99. The number of aromatic nitrogens is 1. The fourth-order valence-corrected chi connectivity index (χ4v) is 3.06. The molecule has 0 amide bonds. The summed E-state index contributed by atoms with van der Waals surface area (Å²) in [4.78, 5) is 4.38. The molecule has 3 aromatic rings. The number of pyridine rings is 1. The van der Waals surface area contributed by atoms with Crippen LogP contribution in [0.1, 0.15) is 18.1 Å². The van der Waals surface area contributed by atoms with E-state index in [2.05, 4.69) is 11.6 Å². The first-order valence-corrected chi connectivity index (χ1v) is 8.63. The molecule has 0 fully saturated rings. The fourth-order valence-electron chi connectivity index (χ4n) is 3.06. The Kier molecular flexibility index (Phi) is 5.50. The van der Waals surface area contributed by atoms with E-state index in [-0.39, 0.29) is 0 Å². The molecular weight excluding hydrogens is 342 g/mol. The van der Waals surface area contributed by atoms with Gasteiger partial charge in [0.15, 0.2) is 11.5 Å². The van der Waals surface area contributed by atoms with Gasteiger partial charge < -0.3 is 18.9 Å². The van der Waals surface area contributed by atoms with Crippen LogP contribution in [0.5, 0.6) is 23.0 Å². The second-order valence-electron chi connectivity index (χ2n) is 5.90. The lowest BCUT2D eigenvalue weighted by atomic mass is 9.96. The Morgan fingerprint density at radius 1 is 0.963 bits per heavy atom. The maximum absolute atomic E-state index is 5.59. The summed E-state index contributed by atoms with van der Waals surface area (Å²) >= 11 is 0. The Balaban J connectivity index is 2.11. The lowest BCUT2D eigenvalue weighted by Gasteiger charge is -2.16. The van der Waals surface area contributed by atoms with E-state index >= 15 is 0 Å². The second-order valence-corrected chi connectivity index (χ2v) is 5.90. The maximum atomic E-state index is 5.59. The summed E-state index contributed by atoms with van der Waals surface area (Å²) in [6.07, 6.45) is 3.64. The lowest BCUT2D eigenvalue weighted by Crippen LogP contribution is -1.98. The molecule has 0 aliphatic rings. The van der Waals surface area contributed by atoms with E-state index in [0.29, 0.717) is 23.9 Å². The van der Waals surface area contributed by atoms with Crippen molar-refractivity contribution >= 4 is 16.3 Å². The summed E-state index contributed by atoms with van der Waals surface area (Å²) in [7, 11) is 4.77. The van der Waals surface area contributed by atoms with E-state index in [1.165, 1.54) is 0 Å². The quantitative estimate of drug-likeness (QED) is 0.606. The molecule has 3 rings (SSSR count). The first-order valence-electron chi connectivity index (χ1n) is 8.63. The van der Waals surface area contributed by atoms with E-state index in [9.17, 15) is 0 Å². The summed E-state index contributed by atoms with van der Waals surface area (Å²) in [6.45, 7) is 6.87. The fraction of sp³-hybridized carbons (Fsp3) is 0.227. The minimum absolute atomic E-state index is 0.550. The predicted molar refractivity (Wildman–Crippen MR) is 107 cm³/mol. The SMILES string of the molecule is C=C(c1cc(OC)c(OC)c(OC)c1)c1cncc2cc(OCC)ccc12. The van der Waals surface area contributed by atoms with Crippen LogP contribution in [0.15, 0.2) is 49.3 Å². The van der Waals surface area contributed by atoms with Crippen molar-refractivity contribution in [2.24, 2.45) is 0 Å². The normalized spacial score (nSPS) is 10.5. The summed E-state index contributed by atoms with van der Waals surface area (Å²) in [5.41, 5.74) is 2.62. The first kappa shape index (κ1) is 18.6. The van der Waals surface area contributed by atoms with Gasteiger partial charge in [0.2, 0.25) is 5.75 Å². The van der Waals surface area contributed by atoms with Crippen molar-refractivity contribution in [3.05, 3.63) is 60.4 Å². The van der Waals surface area contributed by atoms with Crippen molar-refractivity contribution < 1.29 is 18.9 Å². The van der Waals surface area contributed by atoms with Crippen molar-refractivity contribution in [1.29, 1.82) is 0 Å². The number of ether oxygens (including phenoxy) is 4. The van der Waals surface area contributed by atoms with Crippen LogP contribution < -0.4 is 18.9 Å². The summed E-state index contributed by atoms with van der Waals surface area (Å²) < 4.78 is 21.9. The van der Waals surface area contributed by atoms with Crippen LogP contribution in [0.3, 0.4) is 0 Å². The monoisotopic (exact) mass is 365 g/mol. The van der Waals surface area contributed by atoms with Gasteiger partial charge in [-0.1, -0.05) is 6.58 Å². The van der Waals surface area contributed by atoms with Crippen LogP contribution in [0.25, 0.3) is 16.3 Å². The molecule has 5 heteroatoms. The molecular formula is C22H23NO4. The van der Waals surface area contributed by atoms with Gasteiger partial charge in [-0.2, -0.15) is 0 Å². The largest absolute Gasteiger partial charge is 0.494 e. The summed E-state index contributed by atoms with van der Waals surface area (Å²) in [5, 5.41) is 2.04. The van der Waals surface area contributed by atoms with Gasteiger partial charge in [0.1, 0.15) is 5.75 Å². The minimum atomic E-state index is 0.550. The number of benzene rings is 2. The summed E-state index contributed by atoms with van der Waals surface area (Å²) in [6, 6.07) is 9.74. The van der Waals surface area contributed by atoms with Crippen LogP contribution in [0, 0.1) is 0 Å². The van der Waals surface area contributed by atoms with Crippen molar-refractivity contribution in [2.75, 3.05) is 27.9 Å². The number of rotatable bonds is 7. The molecule has 2 aromatic carbocycles. The van der Waals surface area contributed by atoms with Gasteiger partial charge in [0.05, 0.1) is 27.9 Å². The summed E-state index contributed by atoms with van der Waals surface area (Å²) in [5.74, 6) is 2.54. The van der Waals surface area contributed by atoms with Crippen molar-refractivity contribution in [2.45, 2.75) is 6.92 Å². The van der Waals surface area contributed by atoms with Crippen LogP contribution >= 0.6 is 0 Å². The van der Waals surface area contributed by atoms with E-state index < -0.39 is 0 Å². The Morgan fingerprint density at radius 3 is 2.26 bits per heavy atom. The molecule has 0 unspecified atom stereocenters. The highest BCUT2D eigenvalue weighted by Gasteiger charge is 2.16. The molecule has 0 N–H and O–H groups in total. The molecule has 0 saturated carbocycles. The molecule has 0 aliphatic carbocycles. The highest BCUT2D eigenvalue weighted by Crippen LogP contribution is 2.41. The van der Waals surface area contributed by atoms with E-state index in [4.69, 9.17) is 18.9 Å². The third kappa shape index (κ3) is 3.53. The molecule has 0 atom stereocenters. The smallest absolute Gasteiger partial charge is 0.203 e. The molecule has 0 aliphatic heterocycles. The molecule has 1 aromatic heterocycles. The number of methoxy groups -OCH3 is 3. The van der Waals surface area contributed by atoms with Crippen LogP contribution in [-0.2, 0) is 0 Å². The van der Waals surface area contributed by atoms with Gasteiger partial charge in [-0.15, -0.1) is 0 Å². The topological polar surface area (TPSA) is 49.8 Å². The number of fused-ring (bicyclic) bond motifs is 1. The molecule has 0 radical (unpaired) electrons. The average Bonchev–Trinajstić information content (AvgIpc) is 2.71. The maximum Gasteiger partial charge on any atom is 0.203 e. The van der Waals surface area contributed by atoms with Crippen LogP contribution in [0.2, 0.25) is 0 Å². The third-order valence-electron chi connectivity index (χ3n) is 4.38. The zero-order valence-electron chi connectivity index (χ0n) is 16.0. The minimum Gasteiger partial charge on any atom is -0.494 e. The van der Waals surface area contributed by atoms with Crippen LogP contribution in [0.4, 0.5) is 0 Å². The third-order valence-corrected chi connectivity index (χ3v) is 4.38. The van der Waals surface area contributed by atoms with Gasteiger partial charge in [-0.25, -0.2) is 0 Å². The Hall–Kier alpha value is -3.21. The molecule has 0 spiro atoms. The zero-order chi connectivity index (χ0) is 19.4. The van der Waals surface area contributed by atoms with Crippen molar-refractivity contribution in [3.8, 4) is 23.0 Å². The molecule has 0 bridgehead atoms. The lowest BCUT2D eigenvalue weighted by molar-refractivity contribution is 0.324. The van der Waals surface area contributed by atoms with Gasteiger partial charge >= 0.3 is 0 Å². The molecule has 27 heavy (non-hydrogen) atoms. The molecule has 0 saturated heterocycles. The Bertz CT molecular complexity index is 956. The van der Waals surface area contributed by atoms with Gasteiger partial charge in [-0.3, -0.25) is 4.98 Å². The predicted octanol–water partition coefficient (Wildman–Crippen LogP) is 4.72. The number of nitrogens with zero attached hydrogens (tertiary/aromatic N) is 1. The molecule has 1 heterocycles. The van der Waals surface area contributed by atoms with E-state index in [1.807, 2.05) is 49.6 Å². The van der Waals surface area contributed by atoms with Gasteiger partial charge in [0, 0.05) is 23.3 Å². The standard InChI is InChI=1S/C22H23NO4/c1-6-27-17-7-8-18-16(9-17)12-23-13-19(18)14(2)15-10-20(24-3)22(26-5)21(11-15)25-4/h7-13H,2,6H2,1,3-5H3. The van der Waals surface area contributed by atoms with Gasteiger partial charge in [0.25, 0.3) is 0 Å². The highest BCUT2D eigenvalue weighted by molar-refractivity contribution is 5.97. The zero-order valence-corrected chi connectivity index (χ0v) is 16.0. The Labute approximate surface area is 159 Å². The highest BCUT2D eigenvalue weighted by atomic mass is 16.5. The van der Waals surface area contributed by atoms with Crippen LogP contribution in [-0.4, -0.2) is 32.9 Å². The van der Waals surface area contributed by atoms with Crippen molar-refractivity contribution in [1.82, 2.24) is 4.98 Å². The molecule has 140 valence electrons. The van der Waals surface area contributed by atoms with Gasteiger partial charge in [-0.05, 0) is 53.8 Å². The molecule has 5 nitrogen and oxygen atoms in total. The van der Waals surface area contributed by atoms with Crippen molar-refractivity contribution in [3.63, 3.8) is 0 Å². The number of hydrogen-bond donors (Lipinski definition) is 0. The average molecular weight is 365 g/mol. The van der Waals surface area contributed by atoms with E-state index in [0.717, 1.165) is 33.2 Å². The van der Waals surface area contributed by atoms with E-state index in [1.54, 1.807) is 21.3 Å².